The molecular formula is C12H20FO2. The highest BCUT2D eigenvalue weighted by Gasteiger charge is 2.23. The van der Waals surface area contributed by atoms with E-state index in [0.29, 0.717) is 6.42 Å². The van der Waals surface area contributed by atoms with Crippen LogP contribution in [0.3, 0.4) is 0 Å². The van der Waals surface area contributed by atoms with Crippen LogP contribution in [0.25, 0.3) is 0 Å². The standard InChI is InChI=1S/C12H20FO2/c1-2-3-9-11(13)12(14)15-10-7-5-4-6-8-10/h4,10-11H,2-3,5-9H2,1H3/t11-/m1/s1. The normalized spacial score (nSPS) is 19.9. The Morgan fingerprint density at radius 3 is 2.80 bits per heavy atom. The van der Waals surface area contributed by atoms with Crippen LogP contribution >= 0.6 is 0 Å². The third-order valence-electron chi connectivity index (χ3n) is 2.74. The van der Waals surface area contributed by atoms with Crippen LogP contribution in [-0.4, -0.2) is 18.2 Å². The lowest BCUT2D eigenvalue weighted by molar-refractivity contribution is -0.156. The summed E-state index contributed by atoms with van der Waals surface area (Å²) in [6.45, 7) is 1.98. The summed E-state index contributed by atoms with van der Waals surface area (Å²) in [6, 6.07) is 0. The van der Waals surface area contributed by atoms with Gasteiger partial charge in [0.2, 0.25) is 0 Å². The number of halogens is 1. The van der Waals surface area contributed by atoms with Gasteiger partial charge in [-0.2, -0.15) is 0 Å². The fourth-order valence-electron chi connectivity index (χ4n) is 1.75. The van der Waals surface area contributed by atoms with E-state index in [0.717, 1.165) is 38.5 Å². The molecule has 1 radical (unpaired) electrons. The number of carbonyl (C=O) groups excluding carboxylic acids is 1. The van der Waals surface area contributed by atoms with Gasteiger partial charge in [-0.25, -0.2) is 9.18 Å². The summed E-state index contributed by atoms with van der Waals surface area (Å²) >= 11 is 0. The summed E-state index contributed by atoms with van der Waals surface area (Å²) in [5.74, 6) is -0.657. The molecule has 0 bridgehead atoms. The molecule has 0 heterocycles. The van der Waals surface area contributed by atoms with Crippen LogP contribution in [0.2, 0.25) is 0 Å². The fourth-order valence-corrected chi connectivity index (χ4v) is 1.75. The van der Waals surface area contributed by atoms with Crippen molar-refractivity contribution in [3.63, 3.8) is 0 Å². The number of rotatable bonds is 5. The molecule has 0 aromatic rings. The van der Waals surface area contributed by atoms with E-state index < -0.39 is 12.1 Å². The Hall–Kier alpha value is -0.600. The summed E-state index contributed by atoms with van der Waals surface area (Å²) in [7, 11) is 0. The fraction of sp³-hybridized carbons (Fsp3) is 0.833. The maximum absolute atomic E-state index is 13.3. The molecule has 1 atom stereocenters. The molecule has 0 aromatic heterocycles. The van der Waals surface area contributed by atoms with Gasteiger partial charge in [0.05, 0.1) is 0 Å². The van der Waals surface area contributed by atoms with E-state index in [-0.39, 0.29) is 6.10 Å². The number of esters is 1. The van der Waals surface area contributed by atoms with Crippen molar-refractivity contribution in [2.24, 2.45) is 0 Å². The van der Waals surface area contributed by atoms with Crippen LogP contribution in [-0.2, 0) is 9.53 Å². The second kappa shape index (κ2) is 6.81. The second-order valence-corrected chi connectivity index (χ2v) is 4.11. The average Bonchev–Trinajstić information content (AvgIpc) is 2.27. The van der Waals surface area contributed by atoms with Crippen molar-refractivity contribution in [2.75, 3.05) is 0 Å². The van der Waals surface area contributed by atoms with Crippen molar-refractivity contribution in [3.8, 4) is 0 Å². The largest absolute Gasteiger partial charge is 0.460 e. The summed E-state index contributed by atoms with van der Waals surface area (Å²) in [5.41, 5.74) is 0. The Labute approximate surface area is 91.2 Å². The SMILES string of the molecule is CCCC[C@@H](F)C(=O)OC1CC[CH]CC1. The van der Waals surface area contributed by atoms with Gasteiger partial charge >= 0.3 is 5.97 Å². The third-order valence-corrected chi connectivity index (χ3v) is 2.74. The molecule has 1 saturated carbocycles. The quantitative estimate of drug-likeness (QED) is 0.658. The zero-order chi connectivity index (χ0) is 11.1. The van der Waals surface area contributed by atoms with E-state index in [4.69, 9.17) is 4.74 Å². The summed E-state index contributed by atoms with van der Waals surface area (Å²) in [5, 5.41) is 0. The first-order valence-corrected chi connectivity index (χ1v) is 5.90. The zero-order valence-corrected chi connectivity index (χ0v) is 9.38. The molecule has 0 amide bonds. The maximum Gasteiger partial charge on any atom is 0.340 e. The number of unbranched alkanes of at least 4 members (excludes halogenated alkanes) is 1. The summed E-state index contributed by atoms with van der Waals surface area (Å²) < 4.78 is 18.4. The van der Waals surface area contributed by atoms with Crippen molar-refractivity contribution < 1.29 is 13.9 Å². The molecule has 0 N–H and O–H groups in total. The molecule has 2 nitrogen and oxygen atoms in total. The lowest BCUT2D eigenvalue weighted by atomic mass is 9.98. The third kappa shape index (κ3) is 4.63. The van der Waals surface area contributed by atoms with Crippen molar-refractivity contribution in [1.82, 2.24) is 0 Å². The van der Waals surface area contributed by atoms with Gasteiger partial charge in [-0.3, -0.25) is 0 Å². The monoisotopic (exact) mass is 215 g/mol. The first-order valence-electron chi connectivity index (χ1n) is 5.90. The predicted molar refractivity (Wildman–Crippen MR) is 57.1 cm³/mol. The van der Waals surface area contributed by atoms with Crippen LogP contribution < -0.4 is 0 Å². The number of hydrogen-bond donors (Lipinski definition) is 0. The van der Waals surface area contributed by atoms with E-state index in [9.17, 15) is 9.18 Å². The number of carbonyl (C=O) groups is 1. The van der Waals surface area contributed by atoms with E-state index in [1.54, 1.807) is 0 Å². The first-order chi connectivity index (χ1) is 7.24. The molecule has 0 saturated heterocycles. The Morgan fingerprint density at radius 2 is 2.20 bits per heavy atom. The molecule has 0 unspecified atom stereocenters. The topological polar surface area (TPSA) is 26.3 Å². The van der Waals surface area contributed by atoms with Crippen LogP contribution in [0.4, 0.5) is 4.39 Å². The van der Waals surface area contributed by atoms with Gasteiger partial charge < -0.3 is 4.74 Å². The molecular weight excluding hydrogens is 195 g/mol. The van der Waals surface area contributed by atoms with Crippen LogP contribution in [0.1, 0.15) is 51.9 Å². The van der Waals surface area contributed by atoms with Gasteiger partial charge in [0.15, 0.2) is 6.17 Å². The molecule has 0 aliphatic heterocycles. The lowest BCUT2D eigenvalue weighted by Crippen LogP contribution is -2.27. The Balaban J connectivity index is 2.20. The molecule has 1 fully saturated rings. The second-order valence-electron chi connectivity index (χ2n) is 4.11. The van der Waals surface area contributed by atoms with Gasteiger partial charge in [-0.15, -0.1) is 0 Å². The minimum absolute atomic E-state index is 0.0534. The van der Waals surface area contributed by atoms with Crippen molar-refractivity contribution in [3.05, 3.63) is 6.42 Å². The predicted octanol–water partition coefficient (Wildman–Crippen LogP) is 3.20. The summed E-state index contributed by atoms with van der Waals surface area (Å²) in [4.78, 5) is 11.3. The van der Waals surface area contributed by atoms with Gasteiger partial charge in [-0.05, 0) is 38.5 Å². The van der Waals surface area contributed by atoms with Crippen molar-refractivity contribution in [1.29, 1.82) is 0 Å². The molecule has 3 heteroatoms. The number of hydrogen-bond acceptors (Lipinski definition) is 2. The van der Waals surface area contributed by atoms with Gasteiger partial charge in [0.1, 0.15) is 6.10 Å². The maximum atomic E-state index is 13.3. The highest BCUT2D eigenvalue weighted by molar-refractivity contribution is 5.74. The van der Waals surface area contributed by atoms with Crippen LogP contribution in [0.15, 0.2) is 0 Å². The van der Waals surface area contributed by atoms with Gasteiger partial charge in [0.25, 0.3) is 0 Å². The van der Waals surface area contributed by atoms with Crippen molar-refractivity contribution >= 4 is 5.97 Å². The zero-order valence-electron chi connectivity index (χ0n) is 9.38. The molecule has 1 aliphatic rings. The Bertz CT molecular complexity index is 188. The molecule has 0 aromatic carbocycles. The van der Waals surface area contributed by atoms with E-state index in [2.05, 4.69) is 6.42 Å². The minimum atomic E-state index is -1.42. The molecule has 0 spiro atoms. The highest BCUT2D eigenvalue weighted by atomic mass is 19.1. The highest BCUT2D eigenvalue weighted by Crippen LogP contribution is 2.20. The lowest BCUT2D eigenvalue weighted by Gasteiger charge is -2.22. The number of alkyl halides is 1. The first kappa shape index (κ1) is 12.5. The van der Waals surface area contributed by atoms with Crippen molar-refractivity contribution in [2.45, 2.75) is 64.1 Å². The molecule has 1 rings (SSSR count). The smallest absolute Gasteiger partial charge is 0.340 e. The Morgan fingerprint density at radius 1 is 1.53 bits per heavy atom. The van der Waals surface area contributed by atoms with Crippen LogP contribution in [0.5, 0.6) is 0 Å². The molecule has 87 valence electrons. The van der Waals surface area contributed by atoms with Gasteiger partial charge in [-0.1, -0.05) is 19.8 Å². The molecule has 1 aliphatic carbocycles. The average molecular weight is 215 g/mol. The van der Waals surface area contributed by atoms with E-state index >= 15 is 0 Å². The molecule has 15 heavy (non-hydrogen) atoms. The number of ether oxygens (including phenoxy) is 1. The van der Waals surface area contributed by atoms with Crippen LogP contribution in [0, 0.1) is 6.42 Å². The van der Waals surface area contributed by atoms with E-state index in [1.807, 2.05) is 6.92 Å². The summed E-state index contributed by atoms with van der Waals surface area (Å²) in [6.07, 6.45) is 6.33. The Kier molecular flexibility index (Phi) is 5.66. The van der Waals surface area contributed by atoms with Gasteiger partial charge in [0, 0.05) is 0 Å². The van der Waals surface area contributed by atoms with E-state index in [1.165, 1.54) is 0 Å². The minimum Gasteiger partial charge on any atom is -0.460 e.